The summed E-state index contributed by atoms with van der Waals surface area (Å²) < 4.78 is 7.69. The van der Waals surface area contributed by atoms with Crippen molar-refractivity contribution in [1.82, 2.24) is 15.3 Å². The van der Waals surface area contributed by atoms with Crippen molar-refractivity contribution in [3.63, 3.8) is 0 Å². The fourth-order valence-electron chi connectivity index (χ4n) is 1.90. The first-order valence-corrected chi connectivity index (χ1v) is 6.32. The second kappa shape index (κ2) is 4.66. The average molecular weight is 271 g/mol. The number of hydrogen-bond acceptors (Lipinski definition) is 6. The second-order valence-corrected chi connectivity index (χ2v) is 4.77. The lowest BCUT2D eigenvalue weighted by Crippen LogP contribution is -1.89. The lowest BCUT2D eigenvalue weighted by Gasteiger charge is -2.06. The minimum absolute atomic E-state index is 0.640. The summed E-state index contributed by atoms with van der Waals surface area (Å²) in [5, 5.41) is 17.9. The van der Waals surface area contributed by atoms with Crippen LogP contribution in [0.1, 0.15) is 11.1 Å². The molecule has 6 nitrogen and oxygen atoms in total. The Morgan fingerprint density at radius 3 is 3.11 bits per heavy atom. The van der Waals surface area contributed by atoms with E-state index in [9.17, 15) is 0 Å². The van der Waals surface area contributed by atoms with Gasteiger partial charge in [-0.2, -0.15) is 5.26 Å². The zero-order valence-electron chi connectivity index (χ0n) is 9.97. The molecule has 3 aromatic rings. The van der Waals surface area contributed by atoms with Crippen LogP contribution in [0.15, 0.2) is 34.2 Å². The van der Waals surface area contributed by atoms with Crippen LogP contribution in [-0.4, -0.2) is 15.3 Å². The van der Waals surface area contributed by atoms with Crippen LogP contribution in [0.5, 0.6) is 0 Å². The highest BCUT2D eigenvalue weighted by Crippen LogP contribution is 2.30. The summed E-state index contributed by atoms with van der Waals surface area (Å²) in [6, 6.07) is 6.11. The molecule has 0 bridgehead atoms. The molecule has 3 rings (SSSR count). The van der Waals surface area contributed by atoms with E-state index in [0.29, 0.717) is 10.6 Å². The maximum absolute atomic E-state index is 9.09. The molecule has 0 saturated carbocycles. The van der Waals surface area contributed by atoms with E-state index in [4.69, 9.17) is 5.26 Å². The molecule has 0 radical (unpaired) electrons. The largest absolute Gasteiger partial charge is 0.358 e. The van der Waals surface area contributed by atoms with Gasteiger partial charge in [-0.15, -0.1) is 0 Å². The van der Waals surface area contributed by atoms with Crippen molar-refractivity contribution in [1.29, 1.82) is 5.26 Å². The summed E-state index contributed by atoms with van der Waals surface area (Å²) in [5.74, 6) is 0. The predicted octanol–water partition coefficient (Wildman–Crippen LogP) is 2.85. The summed E-state index contributed by atoms with van der Waals surface area (Å²) in [6.07, 6.45) is 3.24. The third kappa shape index (κ3) is 2.02. The van der Waals surface area contributed by atoms with Gasteiger partial charge in [-0.05, 0) is 23.7 Å². The fourth-order valence-corrected chi connectivity index (χ4v) is 2.45. The van der Waals surface area contributed by atoms with Gasteiger partial charge in [0.2, 0.25) is 0 Å². The summed E-state index contributed by atoms with van der Waals surface area (Å²) >= 11 is 1.30. The number of aryl methyl sites for hydroxylation is 1. The zero-order valence-corrected chi connectivity index (χ0v) is 10.8. The number of fused-ring (bicyclic) bond motifs is 1. The molecule has 0 aliphatic heterocycles. The number of nitrogens with zero attached hydrogens (tertiary/aromatic N) is 3. The molecule has 7 heteroatoms. The Balaban J connectivity index is 1.98. The van der Waals surface area contributed by atoms with Crippen LogP contribution in [0.2, 0.25) is 0 Å². The first kappa shape index (κ1) is 11.6. The number of hydrogen-bond donors (Lipinski definition) is 2. The Morgan fingerprint density at radius 2 is 2.37 bits per heavy atom. The fraction of sp³-hybridized carbons (Fsp3) is 0.0833. The van der Waals surface area contributed by atoms with E-state index in [1.807, 2.05) is 19.1 Å². The van der Waals surface area contributed by atoms with Gasteiger partial charge < -0.3 is 9.71 Å². The van der Waals surface area contributed by atoms with Crippen LogP contribution < -0.4 is 4.72 Å². The molecule has 2 N–H and O–H groups in total. The van der Waals surface area contributed by atoms with E-state index in [0.717, 1.165) is 22.2 Å². The molecule has 94 valence electrons. The van der Waals surface area contributed by atoms with Gasteiger partial charge in [-0.1, -0.05) is 11.2 Å². The third-order valence-corrected chi connectivity index (χ3v) is 3.48. The van der Waals surface area contributed by atoms with Gasteiger partial charge in [0.05, 0.1) is 16.8 Å². The molecule has 2 aromatic heterocycles. The Bertz CT molecular complexity index is 756. The first-order valence-electron chi connectivity index (χ1n) is 5.51. The van der Waals surface area contributed by atoms with Gasteiger partial charge in [-0.25, -0.2) is 4.63 Å². The van der Waals surface area contributed by atoms with Crippen molar-refractivity contribution >= 4 is 28.5 Å². The first-order chi connectivity index (χ1) is 9.29. The normalized spacial score (nSPS) is 10.5. The standard InChI is InChI=1S/C12H9N5OS/c1-7-2-3-9(17-19-10-6-15-18-16-10)12-11(7)8(4-13)5-14-12/h2-3,5-6,14,17H,1H3. The van der Waals surface area contributed by atoms with Crippen molar-refractivity contribution in [2.45, 2.75) is 11.9 Å². The lowest BCUT2D eigenvalue weighted by atomic mass is 10.1. The molecule has 0 aliphatic carbocycles. The second-order valence-electron chi connectivity index (χ2n) is 3.94. The molecule has 0 atom stereocenters. The Hall–Kier alpha value is -2.46. The van der Waals surface area contributed by atoms with Gasteiger partial charge in [0.1, 0.15) is 12.3 Å². The van der Waals surface area contributed by atoms with Crippen LogP contribution in [0.4, 0.5) is 5.69 Å². The van der Waals surface area contributed by atoms with Crippen LogP contribution in [0.25, 0.3) is 10.9 Å². The van der Waals surface area contributed by atoms with Crippen molar-refractivity contribution < 1.29 is 4.63 Å². The quantitative estimate of drug-likeness (QED) is 0.712. The Labute approximate surface area is 112 Å². The maximum Gasteiger partial charge on any atom is 0.181 e. The van der Waals surface area contributed by atoms with E-state index < -0.39 is 0 Å². The number of benzene rings is 1. The molecule has 0 aliphatic rings. The lowest BCUT2D eigenvalue weighted by molar-refractivity contribution is 0.298. The number of H-pyrrole nitrogens is 1. The number of nitriles is 1. The SMILES string of the molecule is Cc1ccc(NSc2cnon2)c2[nH]cc(C#N)c12. The molecule has 0 amide bonds. The van der Waals surface area contributed by atoms with Gasteiger partial charge in [0.25, 0.3) is 0 Å². The average Bonchev–Trinajstić information content (AvgIpc) is 3.07. The summed E-state index contributed by atoms with van der Waals surface area (Å²) in [6.45, 7) is 1.98. The van der Waals surface area contributed by atoms with Crippen LogP contribution in [-0.2, 0) is 0 Å². The van der Waals surface area contributed by atoms with E-state index in [1.165, 1.54) is 18.1 Å². The van der Waals surface area contributed by atoms with Crippen molar-refractivity contribution in [2.75, 3.05) is 4.72 Å². The van der Waals surface area contributed by atoms with Gasteiger partial charge >= 0.3 is 0 Å². The van der Waals surface area contributed by atoms with Crippen LogP contribution in [0, 0.1) is 18.3 Å². The van der Waals surface area contributed by atoms with Gasteiger partial charge in [0, 0.05) is 23.5 Å². The predicted molar refractivity (Wildman–Crippen MR) is 71.5 cm³/mol. The molecular weight excluding hydrogens is 262 g/mol. The van der Waals surface area contributed by atoms with Crippen LogP contribution in [0.3, 0.4) is 0 Å². The summed E-state index contributed by atoms with van der Waals surface area (Å²) in [4.78, 5) is 3.12. The molecule has 19 heavy (non-hydrogen) atoms. The van der Waals surface area contributed by atoms with E-state index in [2.05, 4.69) is 30.7 Å². The number of aromatic amines is 1. The molecule has 1 aromatic carbocycles. The number of aromatic nitrogens is 3. The molecule has 0 saturated heterocycles. The maximum atomic E-state index is 9.09. The number of anilines is 1. The molecule has 0 spiro atoms. The molecule has 0 unspecified atom stereocenters. The highest BCUT2D eigenvalue weighted by Gasteiger charge is 2.10. The Morgan fingerprint density at radius 1 is 1.47 bits per heavy atom. The van der Waals surface area contributed by atoms with E-state index >= 15 is 0 Å². The van der Waals surface area contributed by atoms with Crippen molar-refractivity contribution in [3.8, 4) is 6.07 Å². The highest BCUT2D eigenvalue weighted by molar-refractivity contribution is 8.00. The topological polar surface area (TPSA) is 90.5 Å². The third-order valence-electron chi connectivity index (χ3n) is 2.77. The van der Waals surface area contributed by atoms with Crippen molar-refractivity contribution in [3.05, 3.63) is 35.7 Å². The molecule has 2 heterocycles. The highest BCUT2D eigenvalue weighted by atomic mass is 32.2. The monoisotopic (exact) mass is 271 g/mol. The molecular formula is C12H9N5OS. The minimum Gasteiger partial charge on any atom is -0.358 e. The van der Waals surface area contributed by atoms with Gasteiger partial charge in [0.15, 0.2) is 5.03 Å². The number of nitrogens with one attached hydrogen (secondary N) is 2. The smallest absolute Gasteiger partial charge is 0.181 e. The minimum atomic E-state index is 0.640. The van der Waals surface area contributed by atoms with Crippen molar-refractivity contribution in [2.24, 2.45) is 0 Å². The number of rotatable bonds is 3. The van der Waals surface area contributed by atoms with E-state index in [-0.39, 0.29) is 0 Å². The van der Waals surface area contributed by atoms with Crippen LogP contribution >= 0.6 is 11.9 Å². The summed E-state index contributed by atoms with van der Waals surface area (Å²) in [7, 11) is 0. The van der Waals surface area contributed by atoms with E-state index in [1.54, 1.807) is 6.20 Å². The van der Waals surface area contributed by atoms with Gasteiger partial charge in [-0.3, -0.25) is 0 Å². The zero-order chi connectivity index (χ0) is 13.2. The molecule has 0 fully saturated rings. The summed E-state index contributed by atoms with van der Waals surface area (Å²) in [5.41, 5.74) is 3.49. The Kier molecular flexibility index (Phi) is 2.85.